The SMILES string of the molecule is CCNC(=O)Nc1nc2cc(-c3cnc(C(O)C4CC4)c(F)c3)cc(-c3ncccn3)c2[nH]1. The third-order valence-corrected chi connectivity index (χ3v) is 5.52. The molecule has 1 aliphatic rings. The lowest BCUT2D eigenvalue weighted by atomic mass is 10.0. The molecule has 0 spiro atoms. The quantitative estimate of drug-likeness (QED) is 0.356. The topological polar surface area (TPSA) is 129 Å². The number of urea groups is 1. The molecule has 168 valence electrons. The van der Waals surface area contributed by atoms with E-state index in [1.54, 1.807) is 30.7 Å². The summed E-state index contributed by atoms with van der Waals surface area (Å²) in [5.41, 5.74) is 3.07. The predicted molar refractivity (Wildman–Crippen MR) is 121 cm³/mol. The number of aliphatic hydroxyl groups is 1. The number of pyridine rings is 1. The van der Waals surface area contributed by atoms with Crippen LogP contribution >= 0.6 is 0 Å². The van der Waals surface area contributed by atoms with Gasteiger partial charge in [0, 0.05) is 36.3 Å². The van der Waals surface area contributed by atoms with Crippen LogP contribution in [0.4, 0.5) is 15.1 Å². The molecule has 5 rings (SSSR count). The van der Waals surface area contributed by atoms with Crippen molar-refractivity contribution in [2.75, 3.05) is 11.9 Å². The Labute approximate surface area is 188 Å². The van der Waals surface area contributed by atoms with Gasteiger partial charge in [-0.05, 0) is 55.5 Å². The molecule has 3 heterocycles. The first-order valence-corrected chi connectivity index (χ1v) is 10.7. The largest absolute Gasteiger partial charge is 0.386 e. The lowest BCUT2D eigenvalue weighted by Gasteiger charge is -2.11. The number of imidazole rings is 1. The summed E-state index contributed by atoms with van der Waals surface area (Å²) >= 11 is 0. The molecule has 1 aliphatic carbocycles. The molecule has 1 atom stereocenters. The Morgan fingerprint density at radius 2 is 2.00 bits per heavy atom. The second-order valence-electron chi connectivity index (χ2n) is 7.93. The highest BCUT2D eigenvalue weighted by atomic mass is 19.1. The van der Waals surface area contributed by atoms with E-state index in [1.807, 2.05) is 13.0 Å². The molecule has 0 saturated heterocycles. The molecule has 1 aromatic carbocycles. The van der Waals surface area contributed by atoms with Crippen LogP contribution < -0.4 is 10.6 Å². The maximum atomic E-state index is 14.8. The number of hydrogen-bond donors (Lipinski definition) is 4. The highest BCUT2D eigenvalue weighted by molar-refractivity contribution is 5.97. The first kappa shape index (κ1) is 21.0. The van der Waals surface area contributed by atoms with Gasteiger partial charge in [0.15, 0.2) is 5.82 Å². The number of carbonyl (C=O) groups is 1. The minimum Gasteiger partial charge on any atom is -0.386 e. The van der Waals surface area contributed by atoms with Crippen molar-refractivity contribution in [2.24, 2.45) is 5.92 Å². The molecule has 1 fully saturated rings. The van der Waals surface area contributed by atoms with Gasteiger partial charge in [-0.25, -0.2) is 24.1 Å². The molecule has 1 saturated carbocycles. The molecule has 4 aromatic rings. The number of aromatic amines is 1. The molecule has 2 amide bonds. The molecule has 0 bridgehead atoms. The Bertz CT molecular complexity index is 1320. The molecule has 33 heavy (non-hydrogen) atoms. The summed E-state index contributed by atoms with van der Waals surface area (Å²) in [5, 5.41) is 15.6. The number of H-pyrrole nitrogens is 1. The second-order valence-corrected chi connectivity index (χ2v) is 7.93. The van der Waals surface area contributed by atoms with Gasteiger partial charge in [0.05, 0.1) is 11.0 Å². The summed E-state index contributed by atoms with van der Waals surface area (Å²) < 4.78 is 14.8. The average Bonchev–Trinajstić information content (AvgIpc) is 3.59. The summed E-state index contributed by atoms with van der Waals surface area (Å²) in [6, 6.07) is 6.28. The normalized spacial score (nSPS) is 14.3. The first-order chi connectivity index (χ1) is 16.0. The van der Waals surface area contributed by atoms with Crippen LogP contribution in [0, 0.1) is 11.7 Å². The Balaban J connectivity index is 1.59. The number of nitrogens with zero attached hydrogens (tertiary/aromatic N) is 4. The van der Waals surface area contributed by atoms with Gasteiger partial charge in [0.2, 0.25) is 5.95 Å². The molecule has 1 unspecified atom stereocenters. The Hall–Kier alpha value is -3.92. The Kier molecular flexibility index (Phi) is 5.43. The zero-order valence-corrected chi connectivity index (χ0v) is 17.8. The number of aliphatic hydroxyl groups excluding tert-OH is 1. The monoisotopic (exact) mass is 447 g/mol. The molecule has 9 nitrogen and oxygen atoms in total. The van der Waals surface area contributed by atoms with Crippen molar-refractivity contribution >= 4 is 23.0 Å². The van der Waals surface area contributed by atoms with Gasteiger partial charge in [-0.1, -0.05) is 0 Å². The third-order valence-electron chi connectivity index (χ3n) is 5.52. The minimum atomic E-state index is -0.885. The van der Waals surface area contributed by atoms with Crippen molar-refractivity contribution in [3.63, 3.8) is 0 Å². The highest BCUT2D eigenvalue weighted by Crippen LogP contribution is 2.41. The number of benzene rings is 1. The van der Waals surface area contributed by atoms with E-state index in [1.165, 1.54) is 6.07 Å². The maximum absolute atomic E-state index is 14.8. The van der Waals surface area contributed by atoms with E-state index in [0.717, 1.165) is 12.8 Å². The molecular weight excluding hydrogens is 425 g/mol. The van der Waals surface area contributed by atoms with Crippen molar-refractivity contribution in [1.29, 1.82) is 0 Å². The summed E-state index contributed by atoms with van der Waals surface area (Å²) in [5.74, 6) is 0.241. The fourth-order valence-corrected chi connectivity index (χ4v) is 3.73. The van der Waals surface area contributed by atoms with Crippen molar-refractivity contribution < 1.29 is 14.3 Å². The molecule has 10 heteroatoms. The second kappa shape index (κ2) is 8.55. The number of fused-ring (bicyclic) bond motifs is 1. The number of nitrogens with one attached hydrogen (secondary N) is 3. The smallest absolute Gasteiger partial charge is 0.321 e. The summed E-state index contributed by atoms with van der Waals surface area (Å²) in [6.07, 6.45) is 5.67. The van der Waals surface area contributed by atoms with Crippen LogP contribution in [-0.2, 0) is 0 Å². The summed E-state index contributed by atoms with van der Waals surface area (Å²) in [6.45, 7) is 2.29. The van der Waals surface area contributed by atoms with E-state index in [4.69, 9.17) is 0 Å². The average molecular weight is 447 g/mol. The van der Waals surface area contributed by atoms with Crippen LogP contribution in [0.2, 0.25) is 0 Å². The van der Waals surface area contributed by atoms with Crippen LogP contribution in [0.5, 0.6) is 0 Å². The number of hydrogen-bond acceptors (Lipinski definition) is 6. The van der Waals surface area contributed by atoms with Gasteiger partial charge < -0.3 is 15.4 Å². The fraction of sp³-hybridized carbons (Fsp3) is 0.261. The number of amides is 2. The maximum Gasteiger partial charge on any atom is 0.321 e. The van der Waals surface area contributed by atoms with Crippen LogP contribution in [-0.4, -0.2) is 42.6 Å². The van der Waals surface area contributed by atoms with Crippen molar-refractivity contribution in [2.45, 2.75) is 25.9 Å². The fourth-order valence-electron chi connectivity index (χ4n) is 3.73. The Morgan fingerprint density at radius 3 is 2.70 bits per heavy atom. The summed E-state index contributed by atoms with van der Waals surface area (Å²) in [7, 11) is 0. The molecule has 4 N–H and O–H groups in total. The van der Waals surface area contributed by atoms with Crippen LogP contribution in [0.15, 0.2) is 42.9 Å². The van der Waals surface area contributed by atoms with Gasteiger partial charge in [0.1, 0.15) is 17.6 Å². The van der Waals surface area contributed by atoms with Crippen molar-refractivity contribution in [3.05, 3.63) is 54.4 Å². The van der Waals surface area contributed by atoms with Crippen LogP contribution in [0.25, 0.3) is 33.5 Å². The molecule has 3 aromatic heterocycles. The van der Waals surface area contributed by atoms with E-state index in [-0.39, 0.29) is 23.6 Å². The number of halogens is 1. The summed E-state index contributed by atoms with van der Waals surface area (Å²) in [4.78, 5) is 32.4. The first-order valence-electron chi connectivity index (χ1n) is 10.7. The lowest BCUT2D eigenvalue weighted by Crippen LogP contribution is -2.28. The standard InChI is InChI=1S/C23H22FN7O2/c1-2-25-23(33)31-22-29-17-10-13(8-15(18(17)30-22)21-26-6-3-7-27-21)14-9-16(24)19(28-11-14)20(32)12-4-5-12/h3,6-12,20,32H,2,4-5H2,1H3,(H3,25,29,30,31,33). The van der Waals surface area contributed by atoms with Gasteiger partial charge in [-0.2, -0.15) is 0 Å². The number of anilines is 1. The number of carbonyl (C=O) groups excluding carboxylic acids is 1. The van der Waals surface area contributed by atoms with E-state index in [9.17, 15) is 14.3 Å². The van der Waals surface area contributed by atoms with E-state index < -0.39 is 11.9 Å². The minimum absolute atomic E-state index is 0.0714. The van der Waals surface area contributed by atoms with Crippen molar-refractivity contribution in [3.8, 4) is 22.5 Å². The lowest BCUT2D eigenvalue weighted by molar-refractivity contribution is 0.144. The van der Waals surface area contributed by atoms with Crippen molar-refractivity contribution in [1.82, 2.24) is 30.2 Å². The number of rotatable bonds is 6. The van der Waals surface area contributed by atoms with Gasteiger partial charge in [0.25, 0.3) is 0 Å². The zero-order chi connectivity index (χ0) is 22.9. The van der Waals surface area contributed by atoms with E-state index in [2.05, 4.69) is 35.6 Å². The Morgan fingerprint density at radius 1 is 1.21 bits per heavy atom. The molecule has 0 radical (unpaired) electrons. The van der Waals surface area contributed by atoms with Crippen LogP contribution in [0.3, 0.4) is 0 Å². The van der Waals surface area contributed by atoms with E-state index >= 15 is 0 Å². The van der Waals surface area contributed by atoms with Gasteiger partial charge in [-0.15, -0.1) is 0 Å². The third kappa shape index (κ3) is 4.24. The predicted octanol–water partition coefficient (Wildman–Crippen LogP) is 3.81. The van der Waals surface area contributed by atoms with Gasteiger partial charge >= 0.3 is 6.03 Å². The zero-order valence-electron chi connectivity index (χ0n) is 17.8. The molecule has 0 aliphatic heterocycles. The highest BCUT2D eigenvalue weighted by Gasteiger charge is 2.33. The van der Waals surface area contributed by atoms with E-state index in [0.29, 0.717) is 40.1 Å². The number of aromatic nitrogens is 5. The van der Waals surface area contributed by atoms with Crippen LogP contribution in [0.1, 0.15) is 31.6 Å². The molecular formula is C23H22FN7O2. The van der Waals surface area contributed by atoms with Gasteiger partial charge in [-0.3, -0.25) is 10.3 Å².